The summed E-state index contributed by atoms with van der Waals surface area (Å²) in [4.78, 5) is 0. The van der Waals surface area contributed by atoms with Crippen molar-refractivity contribution in [1.29, 1.82) is 0 Å². The molecule has 1 atom stereocenters. The smallest absolute Gasteiger partial charge is 0.146 e. The average molecular weight is 218 g/mol. The van der Waals surface area contributed by atoms with Crippen LogP contribution in [0.5, 0.6) is 0 Å². The molecule has 2 nitrogen and oxygen atoms in total. The molecule has 1 aromatic carbocycles. The van der Waals surface area contributed by atoms with E-state index in [1.165, 1.54) is 6.07 Å². The first-order chi connectivity index (χ1) is 6.61. The highest BCUT2D eigenvalue weighted by molar-refractivity contribution is 6.30. The third-order valence-corrected chi connectivity index (χ3v) is 2.08. The van der Waals surface area contributed by atoms with Crippen LogP contribution in [0.25, 0.3) is 0 Å². The first-order valence-electron chi connectivity index (χ1n) is 4.43. The second kappa shape index (κ2) is 5.29. The zero-order valence-electron chi connectivity index (χ0n) is 7.93. The van der Waals surface area contributed by atoms with Crippen LogP contribution < -0.4 is 5.32 Å². The fourth-order valence-corrected chi connectivity index (χ4v) is 1.29. The Bertz CT molecular complexity index is 304. The van der Waals surface area contributed by atoms with Gasteiger partial charge < -0.3 is 10.4 Å². The van der Waals surface area contributed by atoms with Crippen LogP contribution in [0.2, 0.25) is 5.02 Å². The predicted octanol–water partition coefficient (Wildman–Crippen LogP) is 1.95. The van der Waals surface area contributed by atoms with E-state index in [2.05, 4.69) is 5.32 Å². The molecular weight excluding hydrogens is 205 g/mol. The highest BCUT2D eigenvalue weighted by Crippen LogP contribution is 2.17. The van der Waals surface area contributed by atoms with E-state index in [-0.39, 0.29) is 5.02 Å². The Balaban J connectivity index is 2.54. The number of aliphatic hydroxyl groups is 1. The lowest BCUT2D eigenvalue weighted by atomic mass is 10.2. The van der Waals surface area contributed by atoms with Crippen molar-refractivity contribution < 1.29 is 9.50 Å². The van der Waals surface area contributed by atoms with Gasteiger partial charge >= 0.3 is 0 Å². The molecule has 0 spiro atoms. The predicted molar refractivity (Wildman–Crippen MR) is 54.8 cm³/mol. The first-order valence-corrected chi connectivity index (χ1v) is 4.80. The molecule has 14 heavy (non-hydrogen) atoms. The Morgan fingerprint density at radius 1 is 1.57 bits per heavy atom. The van der Waals surface area contributed by atoms with Crippen LogP contribution in [-0.2, 0) is 6.54 Å². The molecule has 1 aromatic rings. The quantitative estimate of drug-likeness (QED) is 0.808. The van der Waals surface area contributed by atoms with Crippen molar-refractivity contribution in [2.45, 2.75) is 19.6 Å². The maximum atomic E-state index is 13.3. The van der Waals surface area contributed by atoms with Crippen LogP contribution in [0.4, 0.5) is 4.39 Å². The molecule has 2 N–H and O–H groups in total. The Labute approximate surface area is 87.7 Å². The van der Waals surface area contributed by atoms with Gasteiger partial charge in [0.25, 0.3) is 0 Å². The summed E-state index contributed by atoms with van der Waals surface area (Å²) in [5, 5.41) is 12.0. The highest BCUT2D eigenvalue weighted by Gasteiger charge is 2.05. The van der Waals surface area contributed by atoms with Gasteiger partial charge in [-0.25, -0.2) is 4.39 Å². The Morgan fingerprint density at radius 3 is 2.93 bits per heavy atom. The van der Waals surface area contributed by atoms with Gasteiger partial charge in [0, 0.05) is 18.7 Å². The fourth-order valence-electron chi connectivity index (χ4n) is 1.10. The lowest BCUT2D eigenvalue weighted by Gasteiger charge is -2.08. The topological polar surface area (TPSA) is 32.3 Å². The highest BCUT2D eigenvalue weighted by atomic mass is 35.5. The number of aliphatic hydroxyl groups excluding tert-OH is 1. The van der Waals surface area contributed by atoms with E-state index < -0.39 is 11.9 Å². The van der Waals surface area contributed by atoms with Crippen molar-refractivity contribution in [3.63, 3.8) is 0 Å². The normalized spacial score (nSPS) is 12.9. The largest absolute Gasteiger partial charge is 0.392 e. The van der Waals surface area contributed by atoms with Gasteiger partial charge in [-0.1, -0.05) is 23.7 Å². The van der Waals surface area contributed by atoms with Crippen molar-refractivity contribution in [3.05, 3.63) is 34.6 Å². The summed E-state index contributed by atoms with van der Waals surface area (Å²) in [6, 6.07) is 4.87. The summed E-state index contributed by atoms with van der Waals surface area (Å²) >= 11 is 5.60. The molecule has 78 valence electrons. The number of benzene rings is 1. The number of hydrogen-bond acceptors (Lipinski definition) is 2. The van der Waals surface area contributed by atoms with Gasteiger partial charge in [-0.3, -0.25) is 0 Å². The molecule has 0 aliphatic heterocycles. The van der Waals surface area contributed by atoms with Gasteiger partial charge in [0.15, 0.2) is 0 Å². The number of rotatable bonds is 4. The second-order valence-corrected chi connectivity index (χ2v) is 3.60. The number of halogens is 2. The van der Waals surface area contributed by atoms with E-state index in [4.69, 9.17) is 16.7 Å². The van der Waals surface area contributed by atoms with E-state index in [0.717, 1.165) is 0 Å². The summed E-state index contributed by atoms with van der Waals surface area (Å²) in [7, 11) is 0. The van der Waals surface area contributed by atoms with Gasteiger partial charge in [0.1, 0.15) is 5.82 Å². The summed E-state index contributed by atoms with van der Waals surface area (Å²) < 4.78 is 13.3. The Hall–Kier alpha value is -0.640. The lowest BCUT2D eigenvalue weighted by Crippen LogP contribution is -2.24. The third-order valence-electron chi connectivity index (χ3n) is 1.79. The molecule has 4 heteroatoms. The first kappa shape index (κ1) is 11.4. The summed E-state index contributed by atoms with van der Waals surface area (Å²) in [5.41, 5.74) is 0.512. The minimum Gasteiger partial charge on any atom is -0.392 e. The van der Waals surface area contributed by atoms with Crippen molar-refractivity contribution in [2.75, 3.05) is 6.54 Å². The van der Waals surface area contributed by atoms with Crippen molar-refractivity contribution in [1.82, 2.24) is 5.32 Å². The van der Waals surface area contributed by atoms with Crippen molar-refractivity contribution in [2.24, 2.45) is 0 Å². The lowest BCUT2D eigenvalue weighted by molar-refractivity contribution is 0.191. The minimum atomic E-state index is -0.433. The molecule has 1 rings (SSSR count). The monoisotopic (exact) mass is 217 g/mol. The molecule has 0 saturated heterocycles. The zero-order chi connectivity index (χ0) is 10.6. The summed E-state index contributed by atoms with van der Waals surface area (Å²) in [6.07, 6.45) is -0.433. The molecule has 0 aromatic heterocycles. The van der Waals surface area contributed by atoms with E-state index >= 15 is 0 Å². The molecule has 0 bridgehead atoms. The molecule has 0 aliphatic rings. The maximum absolute atomic E-state index is 13.3. The van der Waals surface area contributed by atoms with Crippen LogP contribution in [0.15, 0.2) is 18.2 Å². The molecule has 0 saturated carbocycles. The molecule has 1 unspecified atom stereocenters. The van der Waals surface area contributed by atoms with Gasteiger partial charge in [-0.2, -0.15) is 0 Å². The summed E-state index contributed by atoms with van der Waals surface area (Å²) in [6.45, 7) is 2.48. The fraction of sp³-hybridized carbons (Fsp3) is 0.400. The SMILES string of the molecule is CC(O)CNCc1cccc(Cl)c1F. The van der Waals surface area contributed by atoms with Crippen LogP contribution >= 0.6 is 11.6 Å². The van der Waals surface area contributed by atoms with Gasteiger partial charge in [-0.15, -0.1) is 0 Å². The van der Waals surface area contributed by atoms with E-state index in [1.54, 1.807) is 19.1 Å². The second-order valence-electron chi connectivity index (χ2n) is 3.19. The Kier molecular flexibility index (Phi) is 4.32. The maximum Gasteiger partial charge on any atom is 0.146 e. The van der Waals surface area contributed by atoms with Crippen molar-refractivity contribution >= 4 is 11.6 Å². The van der Waals surface area contributed by atoms with Gasteiger partial charge in [0.05, 0.1) is 11.1 Å². The van der Waals surface area contributed by atoms with Gasteiger partial charge in [0.2, 0.25) is 0 Å². The zero-order valence-corrected chi connectivity index (χ0v) is 8.68. The molecule has 0 radical (unpaired) electrons. The van der Waals surface area contributed by atoms with Crippen LogP contribution in [0, 0.1) is 5.82 Å². The molecule has 0 amide bonds. The van der Waals surface area contributed by atoms with Crippen LogP contribution in [0.1, 0.15) is 12.5 Å². The van der Waals surface area contributed by atoms with Crippen LogP contribution in [-0.4, -0.2) is 17.8 Å². The summed E-state index contributed by atoms with van der Waals surface area (Å²) in [5.74, 6) is -0.396. The van der Waals surface area contributed by atoms with Gasteiger partial charge in [-0.05, 0) is 13.0 Å². The average Bonchev–Trinajstić information content (AvgIpc) is 2.12. The molecule has 0 fully saturated rings. The molecule has 0 aliphatic carbocycles. The molecular formula is C10H13ClFNO. The molecule has 0 heterocycles. The minimum absolute atomic E-state index is 0.126. The third kappa shape index (κ3) is 3.25. The van der Waals surface area contributed by atoms with Crippen LogP contribution in [0.3, 0.4) is 0 Å². The number of nitrogens with one attached hydrogen (secondary N) is 1. The standard InChI is InChI=1S/C10H13ClFNO/c1-7(14)5-13-6-8-3-2-4-9(11)10(8)12/h2-4,7,13-14H,5-6H2,1H3. The van der Waals surface area contributed by atoms with Crippen molar-refractivity contribution in [3.8, 4) is 0 Å². The van der Waals surface area contributed by atoms with E-state index in [9.17, 15) is 4.39 Å². The van der Waals surface area contributed by atoms with E-state index in [1.807, 2.05) is 0 Å². The van der Waals surface area contributed by atoms with E-state index in [0.29, 0.717) is 18.7 Å². The number of hydrogen-bond donors (Lipinski definition) is 2. The Morgan fingerprint density at radius 2 is 2.29 bits per heavy atom.